The lowest BCUT2D eigenvalue weighted by Crippen LogP contribution is -2.31. The lowest BCUT2D eigenvalue weighted by Gasteiger charge is -2.21. The summed E-state index contributed by atoms with van der Waals surface area (Å²) in [7, 11) is 0.361. The molecule has 0 radical (unpaired) electrons. The number of rotatable bonds is 6. The van der Waals surface area contributed by atoms with Crippen LogP contribution in [0.2, 0.25) is 0 Å². The summed E-state index contributed by atoms with van der Waals surface area (Å²) in [4.78, 5) is 26.2. The number of carbonyl (C=O) groups is 2. The van der Waals surface area contributed by atoms with E-state index in [1.54, 1.807) is 30.3 Å². The Balaban J connectivity index is 2.44. The Labute approximate surface area is 157 Å². The molecule has 1 amide bonds. The Morgan fingerprint density at radius 1 is 1.07 bits per heavy atom. The minimum atomic E-state index is -4.03. The van der Waals surface area contributed by atoms with Crippen LogP contribution in [0.25, 0.3) is 0 Å². The number of sulfonamides is 1. The number of nitrogens with zero attached hydrogens (tertiary/aromatic N) is 1. The Kier molecular flexibility index (Phi) is 6.19. The zero-order valence-corrected chi connectivity index (χ0v) is 15.9. The van der Waals surface area contributed by atoms with Crippen LogP contribution in [-0.4, -0.2) is 46.4 Å². The lowest BCUT2D eigenvalue weighted by molar-refractivity contribution is -0.138. The molecular formula is C18H20N2O6S. The van der Waals surface area contributed by atoms with E-state index in [0.717, 1.165) is 6.07 Å². The first-order valence-corrected chi connectivity index (χ1v) is 9.37. The Morgan fingerprint density at radius 2 is 1.70 bits per heavy atom. The molecule has 0 heterocycles. The van der Waals surface area contributed by atoms with E-state index in [9.17, 15) is 18.0 Å². The summed E-state index contributed by atoms with van der Waals surface area (Å²) in [6.45, 7) is 0. The number of amides is 1. The molecule has 9 heteroatoms. The second kappa shape index (κ2) is 8.19. The third-order valence-electron chi connectivity index (χ3n) is 3.71. The second-order valence-corrected chi connectivity index (χ2v) is 7.40. The topological polar surface area (TPSA) is 116 Å². The van der Waals surface area contributed by atoms with Crippen molar-refractivity contribution >= 4 is 21.9 Å². The number of likely N-dealkylation sites (N-methyl/N-ethyl adjacent to an activating group) is 1. The molecule has 1 atom stereocenters. The van der Waals surface area contributed by atoms with E-state index in [0.29, 0.717) is 5.56 Å². The summed E-state index contributed by atoms with van der Waals surface area (Å²) in [5.74, 6) is -1.27. The van der Waals surface area contributed by atoms with Crippen molar-refractivity contribution in [2.75, 3.05) is 21.2 Å². The van der Waals surface area contributed by atoms with Crippen molar-refractivity contribution in [1.29, 1.82) is 0 Å². The van der Waals surface area contributed by atoms with Gasteiger partial charge in [-0.15, -0.1) is 0 Å². The highest BCUT2D eigenvalue weighted by molar-refractivity contribution is 7.89. The average Bonchev–Trinajstić information content (AvgIpc) is 2.64. The highest BCUT2D eigenvalue weighted by atomic mass is 32.2. The summed E-state index contributed by atoms with van der Waals surface area (Å²) >= 11 is 0. The van der Waals surface area contributed by atoms with E-state index in [1.807, 2.05) is 0 Å². The number of nitrogens with two attached hydrogens (primary N) is 1. The van der Waals surface area contributed by atoms with E-state index < -0.39 is 28.0 Å². The molecule has 2 aromatic carbocycles. The van der Waals surface area contributed by atoms with Gasteiger partial charge in [0.2, 0.25) is 16.1 Å². The van der Waals surface area contributed by atoms with E-state index in [2.05, 4.69) is 0 Å². The van der Waals surface area contributed by atoms with Gasteiger partial charge in [0.15, 0.2) is 0 Å². The van der Waals surface area contributed by atoms with Crippen molar-refractivity contribution < 1.29 is 27.5 Å². The number of hydrogen-bond acceptors (Lipinski definition) is 6. The molecule has 0 aliphatic carbocycles. The van der Waals surface area contributed by atoms with Crippen LogP contribution in [-0.2, 0) is 19.6 Å². The maximum Gasteiger partial charge on any atom is 0.343 e. The first kappa shape index (κ1) is 20.4. The van der Waals surface area contributed by atoms with E-state index in [-0.39, 0.29) is 16.2 Å². The molecule has 2 rings (SSSR count). The van der Waals surface area contributed by atoms with Gasteiger partial charge >= 0.3 is 5.97 Å². The molecule has 8 nitrogen and oxygen atoms in total. The van der Waals surface area contributed by atoms with Crippen molar-refractivity contribution in [3.63, 3.8) is 0 Å². The third kappa shape index (κ3) is 4.83. The third-order valence-corrected chi connectivity index (χ3v) is 4.62. The SMILES string of the molecule is COc1ccc(S(N)(=O)=O)cc1C(=O)O[C@H](C(=O)N(C)C)c1ccccc1. The Hall–Kier alpha value is -2.91. The van der Waals surface area contributed by atoms with Crippen LogP contribution >= 0.6 is 0 Å². The summed E-state index contributed by atoms with van der Waals surface area (Å²) < 4.78 is 33.7. The van der Waals surface area contributed by atoms with Gasteiger partial charge < -0.3 is 14.4 Å². The molecule has 0 unspecified atom stereocenters. The zero-order valence-electron chi connectivity index (χ0n) is 15.1. The predicted octanol–water partition coefficient (Wildman–Crippen LogP) is 1.33. The van der Waals surface area contributed by atoms with Crippen molar-refractivity contribution in [1.82, 2.24) is 4.90 Å². The minimum absolute atomic E-state index is 0.0940. The standard InChI is InChI=1S/C18H20N2O6S/c1-20(2)17(21)16(12-7-5-4-6-8-12)26-18(22)14-11-13(27(19,23)24)9-10-15(14)25-3/h4-11,16H,1-3H3,(H2,19,23,24)/t16-/m0/s1. The highest BCUT2D eigenvalue weighted by Gasteiger charge is 2.28. The van der Waals surface area contributed by atoms with E-state index in [1.165, 1.54) is 38.2 Å². The zero-order chi connectivity index (χ0) is 20.2. The molecule has 27 heavy (non-hydrogen) atoms. The molecule has 0 saturated carbocycles. The number of esters is 1. The summed E-state index contributed by atoms with van der Waals surface area (Å²) in [6.07, 6.45) is -1.20. The van der Waals surface area contributed by atoms with E-state index >= 15 is 0 Å². The van der Waals surface area contributed by atoms with Crippen LogP contribution in [0.15, 0.2) is 53.4 Å². The van der Waals surface area contributed by atoms with Gasteiger partial charge in [-0.25, -0.2) is 18.4 Å². The first-order valence-electron chi connectivity index (χ1n) is 7.83. The summed E-state index contributed by atoms with van der Waals surface area (Å²) in [5.41, 5.74) is 0.322. The van der Waals surface area contributed by atoms with Gasteiger partial charge in [0.05, 0.1) is 12.0 Å². The molecule has 0 fully saturated rings. The molecular weight excluding hydrogens is 372 g/mol. The fourth-order valence-corrected chi connectivity index (χ4v) is 2.86. The number of ether oxygens (including phenoxy) is 2. The Bertz CT molecular complexity index is 942. The van der Waals surface area contributed by atoms with Gasteiger partial charge in [0.1, 0.15) is 11.3 Å². The maximum absolute atomic E-state index is 12.7. The number of carbonyl (C=O) groups excluding carboxylic acids is 2. The molecule has 0 bridgehead atoms. The van der Waals surface area contributed by atoms with E-state index in [4.69, 9.17) is 14.6 Å². The minimum Gasteiger partial charge on any atom is -0.496 e. The number of primary sulfonamides is 1. The number of benzene rings is 2. The molecule has 144 valence electrons. The number of methoxy groups -OCH3 is 1. The average molecular weight is 392 g/mol. The second-order valence-electron chi connectivity index (χ2n) is 5.84. The molecule has 2 N–H and O–H groups in total. The molecule has 2 aromatic rings. The van der Waals surface area contributed by atoms with Crippen molar-refractivity contribution in [3.8, 4) is 5.75 Å². The van der Waals surface area contributed by atoms with Crippen molar-refractivity contribution in [2.45, 2.75) is 11.0 Å². The van der Waals surface area contributed by atoms with Crippen LogP contribution in [0.4, 0.5) is 0 Å². The molecule has 0 saturated heterocycles. The normalized spacial score (nSPS) is 12.1. The van der Waals surface area contributed by atoms with Gasteiger partial charge in [0, 0.05) is 19.7 Å². The maximum atomic E-state index is 12.7. The number of hydrogen-bond donors (Lipinski definition) is 1. The molecule has 0 aliphatic heterocycles. The van der Waals surface area contributed by atoms with Crippen LogP contribution in [0.1, 0.15) is 22.0 Å². The molecule has 0 aliphatic rings. The molecule has 0 spiro atoms. The first-order chi connectivity index (χ1) is 12.6. The van der Waals surface area contributed by atoms with Crippen LogP contribution in [0.5, 0.6) is 5.75 Å². The lowest BCUT2D eigenvalue weighted by atomic mass is 10.1. The molecule has 0 aromatic heterocycles. The monoisotopic (exact) mass is 392 g/mol. The van der Waals surface area contributed by atoms with Gasteiger partial charge in [-0.2, -0.15) is 0 Å². The van der Waals surface area contributed by atoms with Gasteiger partial charge in [-0.05, 0) is 18.2 Å². The van der Waals surface area contributed by atoms with Gasteiger partial charge in [0.25, 0.3) is 5.91 Å². The fraction of sp³-hybridized carbons (Fsp3) is 0.222. The Morgan fingerprint density at radius 3 is 2.22 bits per heavy atom. The predicted molar refractivity (Wildman–Crippen MR) is 97.7 cm³/mol. The van der Waals surface area contributed by atoms with Crippen LogP contribution in [0.3, 0.4) is 0 Å². The van der Waals surface area contributed by atoms with Crippen LogP contribution < -0.4 is 9.88 Å². The quantitative estimate of drug-likeness (QED) is 0.742. The summed E-state index contributed by atoms with van der Waals surface area (Å²) in [5, 5.41) is 5.12. The smallest absolute Gasteiger partial charge is 0.343 e. The van der Waals surface area contributed by atoms with Gasteiger partial charge in [-0.3, -0.25) is 4.79 Å². The van der Waals surface area contributed by atoms with Crippen LogP contribution in [0, 0.1) is 0 Å². The van der Waals surface area contributed by atoms with Crippen molar-refractivity contribution in [3.05, 3.63) is 59.7 Å². The largest absolute Gasteiger partial charge is 0.496 e. The van der Waals surface area contributed by atoms with Gasteiger partial charge in [-0.1, -0.05) is 30.3 Å². The highest BCUT2D eigenvalue weighted by Crippen LogP contribution is 2.26. The van der Waals surface area contributed by atoms with Crippen molar-refractivity contribution in [2.24, 2.45) is 5.14 Å². The fourth-order valence-electron chi connectivity index (χ4n) is 2.32. The summed E-state index contributed by atoms with van der Waals surface area (Å²) in [6, 6.07) is 12.0.